The maximum absolute atomic E-state index is 13.0. The van der Waals surface area contributed by atoms with Crippen LogP contribution in [-0.4, -0.2) is 17.8 Å². The number of rotatable bonds is 6. The minimum Gasteiger partial charge on any atom is -0.427 e. The van der Waals surface area contributed by atoms with Crippen molar-refractivity contribution in [2.75, 3.05) is 10.6 Å². The second kappa shape index (κ2) is 9.98. The number of anilines is 2. The van der Waals surface area contributed by atoms with E-state index in [2.05, 4.69) is 10.6 Å². The fourth-order valence-corrected chi connectivity index (χ4v) is 2.68. The second-order valence-electron chi connectivity index (χ2n) is 6.50. The molecule has 0 saturated carbocycles. The largest absolute Gasteiger partial charge is 0.427 e. The molecule has 0 bridgehead atoms. The fourth-order valence-electron chi connectivity index (χ4n) is 2.68. The predicted octanol–water partition coefficient (Wildman–Crippen LogP) is 4.66. The molecule has 0 radical (unpaired) electrons. The van der Waals surface area contributed by atoms with Crippen LogP contribution >= 0.6 is 0 Å². The minimum atomic E-state index is -0.487. The molecule has 3 rings (SSSR count). The standard InChI is InChI=1S/C24H19FN2O4/c1-16(28)31-20-6-4-5-18(15-20)24(30)27-22-8-3-2-7-21(22)26-23(29)14-11-17-9-12-19(25)13-10-17/h2-15H,1H3,(H,26,29)(H,27,30)/b14-11+. The Labute approximate surface area is 178 Å². The molecule has 3 aromatic carbocycles. The lowest BCUT2D eigenvalue weighted by molar-refractivity contribution is -0.131. The fraction of sp³-hybridized carbons (Fsp3) is 0.0417. The van der Waals surface area contributed by atoms with Crippen LogP contribution in [-0.2, 0) is 9.59 Å². The molecule has 0 fully saturated rings. The molecular formula is C24H19FN2O4. The molecule has 2 N–H and O–H groups in total. The van der Waals surface area contributed by atoms with E-state index in [1.54, 1.807) is 60.7 Å². The van der Waals surface area contributed by atoms with Gasteiger partial charge in [0.15, 0.2) is 0 Å². The molecule has 6 nitrogen and oxygen atoms in total. The van der Waals surface area contributed by atoms with E-state index < -0.39 is 17.8 Å². The van der Waals surface area contributed by atoms with E-state index in [0.717, 1.165) is 0 Å². The molecule has 0 aliphatic heterocycles. The van der Waals surface area contributed by atoms with Gasteiger partial charge in [-0.1, -0.05) is 30.3 Å². The van der Waals surface area contributed by atoms with E-state index in [1.165, 1.54) is 31.2 Å². The number of halogens is 1. The molecule has 31 heavy (non-hydrogen) atoms. The van der Waals surface area contributed by atoms with Gasteiger partial charge < -0.3 is 15.4 Å². The lowest BCUT2D eigenvalue weighted by Gasteiger charge is -2.12. The van der Waals surface area contributed by atoms with Crippen molar-refractivity contribution in [2.45, 2.75) is 6.92 Å². The monoisotopic (exact) mass is 418 g/mol. The Bertz CT molecular complexity index is 1140. The summed E-state index contributed by atoms with van der Waals surface area (Å²) in [6.45, 7) is 1.27. The summed E-state index contributed by atoms with van der Waals surface area (Å²) in [4.78, 5) is 36.0. The van der Waals surface area contributed by atoms with Crippen LogP contribution in [0.15, 0.2) is 78.9 Å². The Morgan fingerprint density at radius 1 is 0.871 bits per heavy atom. The summed E-state index contributed by atoms with van der Waals surface area (Å²) in [7, 11) is 0. The first kappa shape index (κ1) is 21.4. The number of esters is 1. The van der Waals surface area contributed by atoms with Gasteiger partial charge >= 0.3 is 5.97 Å². The average Bonchev–Trinajstić information content (AvgIpc) is 2.74. The molecule has 0 aliphatic carbocycles. The third kappa shape index (κ3) is 6.37. The number of nitrogens with one attached hydrogen (secondary N) is 2. The Morgan fingerprint density at radius 3 is 2.23 bits per heavy atom. The molecule has 0 saturated heterocycles. The highest BCUT2D eigenvalue weighted by Gasteiger charge is 2.11. The number of ether oxygens (including phenoxy) is 1. The molecule has 0 atom stereocenters. The average molecular weight is 418 g/mol. The van der Waals surface area contributed by atoms with Gasteiger partial charge in [0, 0.05) is 18.6 Å². The van der Waals surface area contributed by atoms with Crippen molar-refractivity contribution >= 4 is 35.2 Å². The van der Waals surface area contributed by atoms with Crippen LogP contribution in [0.25, 0.3) is 6.08 Å². The molecule has 156 valence electrons. The number of carbonyl (C=O) groups excluding carboxylic acids is 3. The van der Waals surface area contributed by atoms with E-state index in [4.69, 9.17) is 4.74 Å². The Balaban J connectivity index is 1.70. The Kier molecular flexibility index (Phi) is 6.90. The van der Waals surface area contributed by atoms with E-state index in [1.807, 2.05) is 0 Å². The molecule has 3 aromatic rings. The van der Waals surface area contributed by atoms with Crippen LogP contribution in [0.1, 0.15) is 22.8 Å². The SMILES string of the molecule is CC(=O)Oc1cccc(C(=O)Nc2ccccc2NC(=O)/C=C/c2ccc(F)cc2)c1. The van der Waals surface area contributed by atoms with Crippen molar-refractivity contribution in [3.05, 3.63) is 95.8 Å². The summed E-state index contributed by atoms with van der Waals surface area (Å²) in [6.07, 6.45) is 2.87. The lowest BCUT2D eigenvalue weighted by atomic mass is 10.2. The van der Waals surface area contributed by atoms with Gasteiger partial charge in [0.1, 0.15) is 11.6 Å². The van der Waals surface area contributed by atoms with Crippen molar-refractivity contribution in [2.24, 2.45) is 0 Å². The molecular weight excluding hydrogens is 399 g/mol. The lowest BCUT2D eigenvalue weighted by Crippen LogP contribution is -2.15. The molecule has 0 spiro atoms. The number of para-hydroxylation sites is 2. The van der Waals surface area contributed by atoms with E-state index in [-0.39, 0.29) is 17.1 Å². The number of amides is 2. The van der Waals surface area contributed by atoms with Gasteiger partial charge in [0.2, 0.25) is 5.91 Å². The smallest absolute Gasteiger partial charge is 0.308 e. The summed E-state index contributed by atoms with van der Waals surface area (Å²) >= 11 is 0. The molecule has 2 amide bonds. The highest BCUT2D eigenvalue weighted by molar-refractivity contribution is 6.09. The third-order valence-electron chi connectivity index (χ3n) is 4.09. The van der Waals surface area contributed by atoms with Gasteiger partial charge in [-0.2, -0.15) is 0 Å². The van der Waals surface area contributed by atoms with Crippen LogP contribution in [0, 0.1) is 5.82 Å². The van der Waals surface area contributed by atoms with E-state index >= 15 is 0 Å². The van der Waals surface area contributed by atoms with Crippen molar-refractivity contribution in [1.82, 2.24) is 0 Å². The normalized spacial score (nSPS) is 10.5. The van der Waals surface area contributed by atoms with Crippen LogP contribution in [0.5, 0.6) is 5.75 Å². The van der Waals surface area contributed by atoms with Gasteiger partial charge in [-0.05, 0) is 54.1 Å². The summed E-state index contributed by atoms with van der Waals surface area (Å²) < 4.78 is 18.0. The first-order valence-electron chi connectivity index (χ1n) is 9.34. The van der Waals surface area contributed by atoms with Crippen molar-refractivity contribution in [3.8, 4) is 5.75 Å². The summed E-state index contributed by atoms with van der Waals surface area (Å²) in [5, 5.41) is 5.44. The first-order valence-corrected chi connectivity index (χ1v) is 9.34. The Morgan fingerprint density at radius 2 is 1.55 bits per heavy atom. The van der Waals surface area contributed by atoms with Gasteiger partial charge in [0.25, 0.3) is 5.91 Å². The topological polar surface area (TPSA) is 84.5 Å². The van der Waals surface area contributed by atoms with Crippen LogP contribution in [0.2, 0.25) is 0 Å². The molecule has 7 heteroatoms. The first-order chi connectivity index (χ1) is 14.9. The third-order valence-corrected chi connectivity index (χ3v) is 4.09. The molecule has 0 aliphatic rings. The summed E-state index contributed by atoms with van der Waals surface area (Å²) in [5.74, 6) is -1.43. The second-order valence-corrected chi connectivity index (χ2v) is 6.50. The maximum Gasteiger partial charge on any atom is 0.308 e. The number of hydrogen-bond acceptors (Lipinski definition) is 4. The highest BCUT2D eigenvalue weighted by atomic mass is 19.1. The highest BCUT2D eigenvalue weighted by Crippen LogP contribution is 2.23. The van der Waals surface area contributed by atoms with Crippen molar-refractivity contribution in [3.63, 3.8) is 0 Å². The van der Waals surface area contributed by atoms with Crippen LogP contribution in [0.3, 0.4) is 0 Å². The summed E-state index contributed by atoms with van der Waals surface area (Å²) in [5.41, 5.74) is 1.76. The quantitative estimate of drug-likeness (QED) is 0.347. The van der Waals surface area contributed by atoms with Crippen LogP contribution in [0.4, 0.5) is 15.8 Å². The van der Waals surface area contributed by atoms with Gasteiger partial charge in [-0.15, -0.1) is 0 Å². The zero-order valence-electron chi connectivity index (χ0n) is 16.6. The number of carbonyl (C=O) groups is 3. The number of benzene rings is 3. The minimum absolute atomic E-state index is 0.257. The van der Waals surface area contributed by atoms with Crippen molar-refractivity contribution < 1.29 is 23.5 Å². The Hall–Kier alpha value is -4.26. The predicted molar refractivity (Wildman–Crippen MR) is 116 cm³/mol. The molecule has 0 aromatic heterocycles. The number of hydrogen-bond donors (Lipinski definition) is 2. The van der Waals surface area contributed by atoms with E-state index in [0.29, 0.717) is 16.9 Å². The molecule has 0 unspecified atom stereocenters. The molecule has 0 heterocycles. The van der Waals surface area contributed by atoms with Crippen LogP contribution < -0.4 is 15.4 Å². The van der Waals surface area contributed by atoms with Gasteiger partial charge in [0.05, 0.1) is 11.4 Å². The van der Waals surface area contributed by atoms with Gasteiger partial charge in [-0.25, -0.2) is 4.39 Å². The maximum atomic E-state index is 13.0. The van der Waals surface area contributed by atoms with Gasteiger partial charge in [-0.3, -0.25) is 14.4 Å². The van der Waals surface area contributed by atoms with E-state index in [9.17, 15) is 18.8 Å². The summed E-state index contributed by atoms with van der Waals surface area (Å²) in [6, 6.07) is 18.6. The zero-order chi connectivity index (χ0) is 22.2. The zero-order valence-corrected chi connectivity index (χ0v) is 16.6. The van der Waals surface area contributed by atoms with Crippen molar-refractivity contribution in [1.29, 1.82) is 0 Å².